The van der Waals surface area contributed by atoms with Crippen LogP contribution in [0.3, 0.4) is 0 Å². The number of nitroso groups, excluding NO2 is 1. The van der Waals surface area contributed by atoms with Crippen molar-refractivity contribution in [2.45, 2.75) is 204 Å². The van der Waals surface area contributed by atoms with Crippen molar-refractivity contribution in [1.29, 1.82) is 0 Å². The third kappa shape index (κ3) is 40.8. The van der Waals surface area contributed by atoms with Gasteiger partial charge in [-0.3, -0.25) is 43.7 Å². The average molecular weight is 1230 g/mol. The van der Waals surface area contributed by atoms with Crippen LogP contribution in [0.5, 0.6) is 0 Å². The number of ether oxygens (including phenoxy) is 4. The van der Waals surface area contributed by atoms with Crippen molar-refractivity contribution in [3.05, 3.63) is 4.91 Å². The number of unbranched alkanes of at least 4 members (excludes halogenated alkanes) is 14. The number of aliphatic carboxylic acids is 5. The van der Waals surface area contributed by atoms with Crippen LogP contribution in [0.25, 0.3) is 0 Å². The standard InChI is InChI=1S/C57H98N8O21/c1-58-47(65(82)64-32-18-19-46(64)57(80)81)20-16-17-29-59-48(67)27-24-45(56(78)79)63-51(70)26-23-42(54(74)75)39-43(66)40-85-37-35-84-34-31-61-52(71)41-86-38-36-83-33-30-60-49(68)28-25-44(55(76)77)62-50(69)21-14-12-10-8-6-4-2-3-5-7-9-11-13-15-22-53(72)73/h42,44-47,58H,2-41H2,1H3,(H9-,59,60,61,62,63,67,68,69,70,71,72,73,74,75,76,77,78,79,80,81)/p+1/t42-,44+,45+,46+,47-/m1/s1. The molecule has 0 radical (unpaired) electrons. The number of carbonyl (C=O) groups is 11. The van der Waals surface area contributed by atoms with Gasteiger partial charge in [0.25, 0.3) is 6.17 Å². The minimum atomic E-state index is -1.44. The number of carboxylic acids is 5. The number of carbonyl (C=O) groups excluding carboxylic acids is 6. The molecule has 0 aromatic carbocycles. The number of hydrazine groups is 1. The molecule has 0 aromatic rings. The molecule has 0 aliphatic carbocycles. The molecule has 1 aliphatic rings. The maximum atomic E-state index is 12.8. The molecule has 11 N–H and O–H groups in total. The average Bonchev–Trinajstić information content (AvgIpc) is 3.61. The number of nitrogens with one attached hydrogen (secondary N) is 6. The quantitative estimate of drug-likeness (QED) is 0.0237. The lowest BCUT2D eigenvalue weighted by molar-refractivity contribution is -0.740. The largest absolute Gasteiger partial charge is 0.481 e. The summed E-state index contributed by atoms with van der Waals surface area (Å²) < 4.78 is 21.3. The number of carboxylic acid groups (broad SMARTS) is 5. The molecule has 1 aliphatic heterocycles. The first-order valence-electron chi connectivity index (χ1n) is 30.5. The van der Waals surface area contributed by atoms with Crippen LogP contribution in [0.4, 0.5) is 0 Å². The van der Waals surface area contributed by atoms with Crippen molar-refractivity contribution in [2.75, 3.05) is 86.1 Å². The van der Waals surface area contributed by atoms with Crippen LogP contribution < -0.4 is 31.9 Å². The lowest BCUT2D eigenvalue weighted by Gasteiger charge is -2.18. The van der Waals surface area contributed by atoms with E-state index < -0.39 is 109 Å². The highest BCUT2D eigenvalue weighted by atomic mass is 16.5. The summed E-state index contributed by atoms with van der Waals surface area (Å²) in [7, 11) is 1.59. The Hall–Kier alpha value is -6.43. The smallest absolute Gasteiger partial charge is 0.332 e. The molecule has 29 heteroatoms. The van der Waals surface area contributed by atoms with Crippen LogP contribution in [0, 0.1) is 10.8 Å². The predicted molar refractivity (Wildman–Crippen MR) is 309 cm³/mol. The maximum absolute atomic E-state index is 12.8. The van der Waals surface area contributed by atoms with Gasteiger partial charge >= 0.3 is 29.8 Å². The highest BCUT2D eigenvalue weighted by molar-refractivity contribution is 5.87. The minimum Gasteiger partial charge on any atom is -0.481 e. The van der Waals surface area contributed by atoms with E-state index in [9.17, 15) is 78.1 Å². The molecule has 0 spiro atoms. The van der Waals surface area contributed by atoms with Crippen LogP contribution >= 0.6 is 0 Å². The molecule has 5 amide bonds. The number of Topliss-reactive ketones (excluding diaryl/α,β-unsaturated/α-hetero) is 1. The Balaban J connectivity index is 2.08. The first kappa shape index (κ1) is 77.6. The molecule has 29 nitrogen and oxygen atoms in total. The van der Waals surface area contributed by atoms with Crippen LogP contribution in [-0.4, -0.2) is 211 Å². The summed E-state index contributed by atoms with van der Waals surface area (Å²) in [5.74, 6) is -9.98. The van der Waals surface area contributed by atoms with E-state index in [4.69, 9.17) is 24.1 Å². The monoisotopic (exact) mass is 1230 g/mol. The summed E-state index contributed by atoms with van der Waals surface area (Å²) in [6, 6.07) is -3.50. The summed E-state index contributed by atoms with van der Waals surface area (Å²) in [6.45, 7) is 0.685. The van der Waals surface area contributed by atoms with Gasteiger partial charge in [-0.15, -0.1) is 5.01 Å². The van der Waals surface area contributed by atoms with E-state index in [1.54, 1.807) is 7.05 Å². The van der Waals surface area contributed by atoms with Crippen molar-refractivity contribution in [3.8, 4) is 0 Å². The maximum Gasteiger partial charge on any atom is 0.332 e. The first-order valence-corrected chi connectivity index (χ1v) is 30.5. The lowest BCUT2D eigenvalue weighted by atomic mass is 9.97. The van der Waals surface area contributed by atoms with Crippen LogP contribution in [0.2, 0.25) is 0 Å². The molecule has 1 saturated heterocycles. The van der Waals surface area contributed by atoms with Crippen LogP contribution in [-0.2, 0) is 71.7 Å². The number of ketones is 1. The lowest BCUT2D eigenvalue weighted by Crippen LogP contribution is -2.50. The van der Waals surface area contributed by atoms with E-state index in [1.165, 1.54) is 37.1 Å². The van der Waals surface area contributed by atoms with Crippen molar-refractivity contribution in [2.24, 2.45) is 5.92 Å². The van der Waals surface area contributed by atoms with E-state index in [1.807, 2.05) is 0 Å². The zero-order valence-corrected chi connectivity index (χ0v) is 50.3. The Kier molecular flexibility index (Phi) is 44.8. The molecule has 0 aromatic heterocycles. The molecule has 1 heterocycles. The topological polar surface area (TPSA) is 421 Å². The molecule has 0 saturated carbocycles. The van der Waals surface area contributed by atoms with Gasteiger partial charge in [0.05, 0.1) is 57.0 Å². The first-order chi connectivity index (χ1) is 41.2. The Morgan fingerprint density at radius 3 is 1.42 bits per heavy atom. The van der Waals surface area contributed by atoms with Crippen LogP contribution in [0.1, 0.15) is 180 Å². The summed E-state index contributed by atoms with van der Waals surface area (Å²) in [5.41, 5.74) is 0. The van der Waals surface area contributed by atoms with Gasteiger partial charge in [0.2, 0.25) is 29.5 Å². The van der Waals surface area contributed by atoms with E-state index in [-0.39, 0.29) is 117 Å². The van der Waals surface area contributed by atoms with E-state index in [0.29, 0.717) is 49.9 Å². The van der Waals surface area contributed by atoms with Gasteiger partial charge in [-0.05, 0) is 64.8 Å². The van der Waals surface area contributed by atoms with Crippen molar-refractivity contribution in [1.82, 2.24) is 36.9 Å². The predicted octanol–water partition coefficient (Wildman–Crippen LogP) is 2.83. The van der Waals surface area contributed by atoms with Gasteiger partial charge in [-0.2, -0.15) is 0 Å². The molecule has 5 atom stereocenters. The van der Waals surface area contributed by atoms with E-state index in [0.717, 1.165) is 51.4 Å². The van der Waals surface area contributed by atoms with E-state index >= 15 is 0 Å². The molecule has 86 heavy (non-hydrogen) atoms. The second-order valence-electron chi connectivity index (χ2n) is 21.3. The zero-order valence-electron chi connectivity index (χ0n) is 50.3. The Bertz CT molecular complexity index is 2050. The molecular formula is C57H99N8O21+. The second kappa shape index (κ2) is 49.7. The Morgan fingerprint density at radius 2 is 0.930 bits per heavy atom. The van der Waals surface area contributed by atoms with Crippen molar-refractivity contribution >= 4 is 65.2 Å². The zero-order chi connectivity index (χ0) is 63.7. The van der Waals surface area contributed by atoms with Gasteiger partial charge in [-0.25, -0.2) is 14.4 Å². The number of hydrogen-bond acceptors (Lipinski definition) is 17. The third-order valence-electron chi connectivity index (χ3n) is 14.1. The molecule has 1 rings (SSSR count). The highest BCUT2D eigenvalue weighted by Gasteiger charge is 2.43. The van der Waals surface area contributed by atoms with Crippen LogP contribution in [0.15, 0.2) is 0 Å². The van der Waals surface area contributed by atoms with Gasteiger partial charge in [-0.1, -0.05) is 77.0 Å². The fourth-order valence-corrected chi connectivity index (χ4v) is 9.25. The molecule has 1 fully saturated rings. The molecule has 0 bridgehead atoms. The highest BCUT2D eigenvalue weighted by Crippen LogP contribution is 2.20. The minimum absolute atomic E-state index is 0.0192. The number of rotatable bonds is 58. The Morgan fingerprint density at radius 1 is 0.477 bits per heavy atom. The van der Waals surface area contributed by atoms with Crippen molar-refractivity contribution < 1.29 is 102 Å². The number of hydrogen-bond donors (Lipinski definition) is 11. The summed E-state index contributed by atoms with van der Waals surface area (Å²) >= 11 is 0. The number of nitrogens with zero attached hydrogens (tertiary/aromatic N) is 2. The SMILES string of the molecule is CN[C@@H](CCCCNC(=O)CC[C@H](NC(=O)CC[C@H](CC(=O)COCCOCCNC(=O)COCCOCCNC(=O)CC[C@H](NC(=O)CCCCCCCCCCCCCCCCC(=O)O)C(=O)O)C(=O)O)C(=O)O)[N+](=O)N1CCC[C@H]1C(=O)O. The Labute approximate surface area is 503 Å². The summed E-state index contributed by atoms with van der Waals surface area (Å²) in [6.07, 6.45) is 15.1. The normalized spacial score (nSPS) is 14.3. The van der Waals surface area contributed by atoms with E-state index in [2.05, 4.69) is 31.9 Å². The van der Waals surface area contributed by atoms with Gasteiger partial charge < -0.3 is 71.1 Å². The fraction of sp³-hybridized carbons (Fsp3) is 0.807. The van der Waals surface area contributed by atoms with Gasteiger partial charge in [0.1, 0.15) is 30.2 Å². The fourth-order valence-electron chi connectivity index (χ4n) is 9.25. The summed E-state index contributed by atoms with van der Waals surface area (Å²) in [5, 5.41) is 63.7. The second-order valence-corrected chi connectivity index (χ2v) is 21.3. The molecular weight excluding hydrogens is 1130 g/mol. The van der Waals surface area contributed by atoms with Crippen molar-refractivity contribution in [3.63, 3.8) is 0 Å². The third-order valence-corrected chi connectivity index (χ3v) is 14.1. The number of amides is 5. The van der Waals surface area contributed by atoms with Gasteiger partial charge in [0, 0.05) is 64.6 Å². The van der Waals surface area contributed by atoms with Gasteiger partial charge in [0.15, 0.2) is 11.8 Å². The molecule has 0 unspecified atom stereocenters. The summed E-state index contributed by atoms with van der Waals surface area (Å²) in [4.78, 5) is 145. The molecule has 492 valence electrons.